The quantitative estimate of drug-likeness (QED) is 0.626. The zero-order chi connectivity index (χ0) is 21.3. The number of hydrogen-bond acceptors (Lipinski definition) is 4. The summed E-state index contributed by atoms with van der Waals surface area (Å²) in [5.41, 5.74) is 2.40. The van der Waals surface area contributed by atoms with Gasteiger partial charge in [0, 0.05) is 31.1 Å². The van der Waals surface area contributed by atoms with E-state index in [1.54, 1.807) is 24.1 Å². The van der Waals surface area contributed by atoms with Gasteiger partial charge >= 0.3 is 5.97 Å². The zero-order valence-electron chi connectivity index (χ0n) is 17.2. The van der Waals surface area contributed by atoms with Crippen molar-refractivity contribution in [2.45, 2.75) is 19.8 Å². The topological polar surface area (TPSA) is 68.6 Å². The standard InChI is InChI=1S/C24H24N2O4/c1-16-9-11-17(12-10-16)21-18-7-3-4-8-19(18)23(28)25(2)22(21)24(29)30-15-20(27)26-13-5-6-14-26/h3-4,7-12H,5-6,13-15H2,1-2H3. The molecule has 0 atom stereocenters. The molecule has 1 saturated heterocycles. The molecule has 4 rings (SSSR count). The van der Waals surface area contributed by atoms with E-state index in [-0.39, 0.29) is 23.8 Å². The largest absolute Gasteiger partial charge is 0.451 e. The number of fused-ring (bicyclic) bond motifs is 1. The monoisotopic (exact) mass is 404 g/mol. The average Bonchev–Trinajstić information content (AvgIpc) is 3.30. The summed E-state index contributed by atoms with van der Waals surface area (Å²) in [6, 6.07) is 15.0. The first kappa shape index (κ1) is 19.9. The fourth-order valence-corrected chi connectivity index (χ4v) is 3.97. The third-order valence-electron chi connectivity index (χ3n) is 5.62. The van der Waals surface area contributed by atoms with Crippen molar-refractivity contribution in [1.29, 1.82) is 0 Å². The molecule has 3 aromatic rings. The molecule has 30 heavy (non-hydrogen) atoms. The summed E-state index contributed by atoms with van der Waals surface area (Å²) in [5, 5.41) is 1.21. The number of carbonyl (C=O) groups excluding carboxylic acids is 2. The van der Waals surface area contributed by atoms with E-state index < -0.39 is 5.97 Å². The number of hydrogen-bond donors (Lipinski definition) is 0. The molecule has 6 heteroatoms. The average molecular weight is 404 g/mol. The molecule has 2 aromatic carbocycles. The molecule has 0 radical (unpaired) electrons. The molecule has 0 spiro atoms. The normalized spacial score (nSPS) is 13.6. The van der Waals surface area contributed by atoms with Gasteiger partial charge in [0.25, 0.3) is 11.5 Å². The minimum absolute atomic E-state index is 0.150. The third-order valence-corrected chi connectivity index (χ3v) is 5.62. The Balaban J connectivity index is 1.79. The molecule has 0 aliphatic carbocycles. The zero-order valence-corrected chi connectivity index (χ0v) is 17.2. The summed E-state index contributed by atoms with van der Waals surface area (Å²) in [7, 11) is 1.56. The summed E-state index contributed by atoms with van der Waals surface area (Å²) >= 11 is 0. The van der Waals surface area contributed by atoms with Gasteiger partial charge < -0.3 is 14.2 Å². The predicted molar refractivity (Wildman–Crippen MR) is 115 cm³/mol. The summed E-state index contributed by atoms with van der Waals surface area (Å²) in [4.78, 5) is 40.0. The van der Waals surface area contributed by atoms with Crippen LogP contribution in [0.5, 0.6) is 0 Å². The van der Waals surface area contributed by atoms with Gasteiger partial charge in [-0.05, 0) is 36.8 Å². The number of carbonyl (C=O) groups is 2. The fraction of sp³-hybridized carbons (Fsp3) is 0.292. The molecule has 2 heterocycles. The molecule has 0 bridgehead atoms. The van der Waals surface area contributed by atoms with Crippen molar-refractivity contribution >= 4 is 22.6 Å². The molecule has 6 nitrogen and oxygen atoms in total. The van der Waals surface area contributed by atoms with Crippen LogP contribution in [-0.4, -0.2) is 41.0 Å². The highest BCUT2D eigenvalue weighted by molar-refractivity contribution is 6.07. The van der Waals surface area contributed by atoms with E-state index in [0.29, 0.717) is 29.4 Å². The molecule has 1 aliphatic rings. The van der Waals surface area contributed by atoms with Crippen molar-refractivity contribution in [2.75, 3.05) is 19.7 Å². The van der Waals surface area contributed by atoms with Gasteiger partial charge in [-0.25, -0.2) is 4.79 Å². The van der Waals surface area contributed by atoms with Crippen LogP contribution in [0.2, 0.25) is 0 Å². The Labute approximate surface area is 174 Å². The van der Waals surface area contributed by atoms with Gasteiger partial charge in [-0.2, -0.15) is 0 Å². The maximum Gasteiger partial charge on any atom is 0.356 e. The van der Waals surface area contributed by atoms with Crippen molar-refractivity contribution < 1.29 is 14.3 Å². The molecular weight excluding hydrogens is 380 g/mol. The van der Waals surface area contributed by atoms with Crippen LogP contribution in [-0.2, 0) is 16.6 Å². The number of rotatable bonds is 4. The molecular formula is C24H24N2O4. The van der Waals surface area contributed by atoms with Crippen LogP contribution in [0.15, 0.2) is 53.3 Å². The lowest BCUT2D eigenvalue weighted by Crippen LogP contribution is -2.33. The Morgan fingerprint density at radius 1 is 0.967 bits per heavy atom. The van der Waals surface area contributed by atoms with Crippen molar-refractivity contribution in [3.8, 4) is 11.1 Å². The van der Waals surface area contributed by atoms with Crippen LogP contribution in [0.3, 0.4) is 0 Å². The number of aryl methyl sites for hydroxylation is 1. The van der Waals surface area contributed by atoms with Crippen LogP contribution in [0, 0.1) is 6.92 Å². The third kappa shape index (κ3) is 3.61. The van der Waals surface area contributed by atoms with Gasteiger partial charge in [-0.3, -0.25) is 9.59 Å². The van der Waals surface area contributed by atoms with Crippen molar-refractivity contribution in [2.24, 2.45) is 7.05 Å². The number of pyridine rings is 1. The first-order chi connectivity index (χ1) is 14.5. The van der Waals surface area contributed by atoms with Gasteiger partial charge in [0.1, 0.15) is 5.69 Å². The Hall–Kier alpha value is -3.41. The maximum absolute atomic E-state index is 13.1. The van der Waals surface area contributed by atoms with E-state index in [1.807, 2.05) is 43.3 Å². The second-order valence-electron chi connectivity index (χ2n) is 7.66. The number of benzene rings is 2. The number of nitrogens with zero attached hydrogens (tertiary/aromatic N) is 2. The highest BCUT2D eigenvalue weighted by atomic mass is 16.5. The number of ether oxygens (including phenoxy) is 1. The minimum atomic E-state index is -0.677. The first-order valence-corrected chi connectivity index (χ1v) is 10.1. The maximum atomic E-state index is 13.1. The van der Waals surface area contributed by atoms with Crippen molar-refractivity contribution in [3.05, 3.63) is 70.1 Å². The Kier molecular flexibility index (Phi) is 5.40. The molecule has 0 saturated carbocycles. The molecule has 1 amide bonds. The lowest BCUT2D eigenvalue weighted by Gasteiger charge is -2.18. The summed E-state index contributed by atoms with van der Waals surface area (Å²) in [5.74, 6) is -0.882. The van der Waals surface area contributed by atoms with Crippen LogP contribution in [0.1, 0.15) is 28.9 Å². The SMILES string of the molecule is Cc1ccc(-c2c(C(=O)OCC(=O)N3CCCC3)n(C)c(=O)c3ccccc23)cc1. The van der Waals surface area contributed by atoms with Crippen molar-refractivity contribution in [1.82, 2.24) is 9.47 Å². The highest BCUT2D eigenvalue weighted by Crippen LogP contribution is 2.31. The number of likely N-dealkylation sites (tertiary alicyclic amines) is 1. The van der Waals surface area contributed by atoms with Gasteiger partial charge in [0.15, 0.2) is 6.61 Å². The van der Waals surface area contributed by atoms with E-state index in [2.05, 4.69) is 0 Å². The van der Waals surface area contributed by atoms with E-state index in [0.717, 1.165) is 24.0 Å². The van der Waals surface area contributed by atoms with E-state index in [9.17, 15) is 14.4 Å². The Morgan fingerprint density at radius 3 is 2.27 bits per heavy atom. The highest BCUT2D eigenvalue weighted by Gasteiger charge is 2.25. The van der Waals surface area contributed by atoms with Crippen LogP contribution in [0.25, 0.3) is 21.9 Å². The van der Waals surface area contributed by atoms with E-state index in [4.69, 9.17) is 4.74 Å². The smallest absolute Gasteiger partial charge is 0.356 e. The van der Waals surface area contributed by atoms with Gasteiger partial charge in [0.2, 0.25) is 0 Å². The fourth-order valence-electron chi connectivity index (χ4n) is 3.97. The first-order valence-electron chi connectivity index (χ1n) is 10.1. The Morgan fingerprint density at radius 2 is 1.60 bits per heavy atom. The van der Waals surface area contributed by atoms with Gasteiger partial charge in [-0.15, -0.1) is 0 Å². The van der Waals surface area contributed by atoms with Crippen LogP contribution in [0.4, 0.5) is 0 Å². The molecule has 154 valence electrons. The number of aromatic nitrogens is 1. The van der Waals surface area contributed by atoms with E-state index >= 15 is 0 Å². The Bertz CT molecular complexity index is 1170. The summed E-state index contributed by atoms with van der Waals surface area (Å²) in [6.45, 7) is 3.05. The van der Waals surface area contributed by atoms with Crippen LogP contribution >= 0.6 is 0 Å². The minimum Gasteiger partial charge on any atom is -0.451 e. The molecule has 1 aliphatic heterocycles. The summed E-state index contributed by atoms with van der Waals surface area (Å²) < 4.78 is 6.70. The van der Waals surface area contributed by atoms with Gasteiger partial charge in [-0.1, -0.05) is 48.0 Å². The summed E-state index contributed by atoms with van der Waals surface area (Å²) in [6.07, 6.45) is 1.94. The predicted octanol–water partition coefficient (Wildman–Crippen LogP) is 3.29. The second-order valence-corrected chi connectivity index (χ2v) is 7.66. The van der Waals surface area contributed by atoms with E-state index in [1.165, 1.54) is 4.57 Å². The molecule has 1 aromatic heterocycles. The van der Waals surface area contributed by atoms with Gasteiger partial charge in [0.05, 0.1) is 0 Å². The molecule has 1 fully saturated rings. The number of amides is 1. The molecule has 0 N–H and O–H groups in total. The lowest BCUT2D eigenvalue weighted by molar-refractivity contribution is -0.133. The second kappa shape index (κ2) is 8.14. The van der Waals surface area contributed by atoms with Crippen LogP contribution < -0.4 is 5.56 Å². The lowest BCUT2D eigenvalue weighted by atomic mass is 9.96. The van der Waals surface area contributed by atoms with Crippen molar-refractivity contribution in [3.63, 3.8) is 0 Å². The number of esters is 1. The molecule has 0 unspecified atom stereocenters.